The number of carbonyl (C=O) groups excluding carboxylic acids is 2. The molecule has 0 aromatic rings. The molecule has 0 bridgehead atoms. The van der Waals surface area contributed by atoms with Crippen LogP contribution in [-0.4, -0.2) is 64.9 Å². The topological polar surface area (TPSA) is 116 Å². The molecule has 1 heterocycles. The number of amides is 2. The first kappa shape index (κ1) is 14.2. The largest absolute Gasteiger partial charge is 0.480 e. The van der Waals surface area contributed by atoms with E-state index in [1.807, 2.05) is 0 Å². The number of carbonyl (C=O) groups is 3. The number of hydrogen-bond acceptors (Lipinski definition) is 5. The van der Waals surface area contributed by atoms with Crippen LogP contribution in [0.1, 0.15) is 13.3 Å². The summed E-state index contributed by atoms with van der Waals surface area (Å²) in [5.41, 5.74) is 0. The van der Waals surface area contributed by atoms with Crippen LogP contribution in [0.2, 0.25) is 0 Å². The molecule has 3 N–H and O–H groups in total. The standard InChI is InChI=1S/C10H16N2O6/c1-5(9(16)18-2)11-10(17)12-4-6(13)3-7(12)8(14)15/h5-7,13H,3-4H2,1-2H3,(H,11,17)(H,14,15)/t5?,6?,7-/m1/s1. The first-order valence-electron chi connectivity index (χ1n) is 5.42. The van der Waals surface area contributed by atoms with E-state index in [9.17, 15) is 19.5 Å². The Kier molecular flexibility index (Phi) is 4.49. The van der Waals surface area contributed by atoms with Gasteiger partial charge in [0.2, 0.25) is 0 Å². The Labute approximate surface area is 104 Å². The summed E-state index contributed by atoms with van der Waals surface area (Å²) < 4.78 is 4.43. The molecule has 1 fully saturated rings. The third kappa shape index (κ3) is 3.10. The third-order valence-corrected chi connectivity index (χ3v) is 2.72. The zero-order valence-electron chi connectivity index (χ0n) is 10.1. The number of carboxylic acids is 1. The van der Waals surface area contributed by atoms with Crippen molar-refractivity contribution in [2.24, 2.45) is 0 Å². The van der Waals surface area contributed by atoms with Gasteiger partial charge in [0.05, 0.1) is 13.2 Å². The molecule has 8 heteroatoms. The quantitative estimate of drug-likeness (QED) is 0.547. The predicted molar refractivity (Wildman–Crippen MR) is 58.8 cm³/mol. The highest BCUT2D eigenvalue weighted by Gasteiger charge is 2.39. The lowest BCUT2D eigenvalue weighted by atomic mass is 10.2. The number of β-amino-alcohol motifs (C(OH)–C–C–N with tert-alkyl or cyclic N) is 1. The molecular weight excluding hydrogens is 244 g/mol. The van der Waals surface area contributed by atoms with Gasteiger partial charge in [0.1, 0.15) is 12.1 Å². The molecule has 0 aliphatic carbocycles. The second-order valence-electron chi connectivity index (χ2n) is 4.09. The molecule has 0 aromatic carbocycles. The minimum Gasteiger partial charge on any atom is -0.480 e. The van der Waals surface area contributed by atoms with Crippen LogP contribution in [0, 0.1) is 0 Å². The van der Waals surface area contributed by atoms with Crippen molar-refractivity contribution < 1.29 is 29.3 Å². The van der Waals surface area contributed by atoms with Gasteiger partial charge in [-0.05, 0) is 6.92 Å². The number of hydrogen-bond donors (Lipinski definition) is 3. The van der Waals surface area contributed by atoms with Crippen LogP contribution in [0.5, 0.6) is 0 Å². The van der Waals surface area contributed by atoms with Gasteiger partial charge in [-0.15, -0.1) is 0 Å². The fourth-order valence-electron chi connectivity index (χ4n) is 1.78. The number of ether oxygens (including phenoxy) is 1. The Bertz CT molecular complexity index is 358. The Morgan fingerprint density at radius 2 is 2.06 bits per heavy atom. The smallest absolute Gasteiger partial charge is 0.328 e. The SMILES string of the molecule is COC(=O)C(C)NC(=O)N1CC(O)C[C@@H]1C(=O)O. The molecule has 1 saturated heterocycles. The van der Waals surface area contributed by atoms with E-state index in [4.69, 9.17) is 5.11 Å². The summed E-state index contributed by atoms with van der Waals surface area (Å²) >= 11 is 0. The summed E-state index contributed by atoms with van der Waals surface area (Å²) in [6.45, 7) is 1.35. The van der Waals surface area contributed by atoms with Crippen LogP contribution in [0.25, 0.3) is 0 Å². The number of carboxylic acid groups (broad SMARTS) is 1. The maximum atomic E-state index is 11.8. The number of urea groups is 1. The van der Waals surface area contributed by atoms with Crippen LogP contribution >= 0.6 is 0 Å². The lowest BCUT2D eigenvalue weighted by molar-refractivity contribution is -0.142. The number of methoxy groups -OCH3 is 1. The van der Waals surface area contributed by atoms with Gasteiger partial charge in [-0.3, -0.25) is 0 Å². The molecular formula is C10H16N2O6. The highest BCUT2D eigenvalue weighted by molar-refractivity contribution is 5.87. The first-order chi connectivity index (χ1) is 8.36. The Morgan fingerprint density at radius 1 is 1.44 bits per heavy atom. The van der Waals surface area contributed by atoms with Crippen LogP contribution < -0.4 is 5.32 Å². The van der Waals surface area contributed by atoms with Crippen LogP contribution in [0.15, 0.2) is 0 Å². The van der Waals surface area contributed by atoms with Crippen LogP contribution in [0.4, 0.5) is 4.79 Å². The minimum absolute atomic E-state index is 0.0185. The van der Waals surface area contributed by atoms with Gasteiger partial charge < -0.3 is 25.2 Å². The summed E-state index contributed by atoms with van der Waals surface area (Å²) in [5.74, 6) is -1.82. The predicted octanol–water partition coefficient (Wildman–Crippen LogP) is -1.22. The van der Waals surface area contributed by atoms with E-state index in [-0.39, 0.29) is 13.0 Å². The van der Waals surface area contributed by atoms with E-state index in [1.165, 1.54) is 14.0 Å². The molecule has 0 aromatic heterocycles. The van der Waals surface area contributed by atoms with E-state index in [0.29, 0.717) is 0 Å². The summed E-state index contributed by atoms with van der Waals surface area (Å²) in [7, 11) is 1.19. The molecule has 0 saturated carbocycles. The number of aliphatic hydroxyl groups is 1. The molecule has 1 aliphatic heterocycles. The molecule has 2 amide bonds. The van der Waals surface area contributed by atoms with Crippen LogP contribution in [0.3, 0.4) is 0 Å². The summed E-state index contributed by atoms with van der Waals surface area (Å²) in [6, 6.07) is -2.67. The molecule has 1 aliphatic rings. The molecule has 2 unspecified atom stereocenters. The van der Waals surface area contributed by atoms with Gasteiger partial charge in [0, 0.05) is 13.0 Å². The highest BCUT2D eigenvalue weighted by Crippen LogP contribution is 2.18. The average Bonchev–Trinajstić information content (AvgIpc) is 2.70. The van der Waals surface area contributed by atoms with Gasteiger partial charge >= 0.3 is 18.0 Å². The van der Waals surface area contributed by atoms with E-state index >= 15 is 0 Å². The highest BCUT2D eigenvalue weighted by atomic mass is 16.5. The number of rotatable bonds is 3. The summed E-state index contributed by atoms with van der Waals surface area (Å²) in [6.07, 6.45) is -0.889. The maximum Gasteiger partial charge on any atom is 0.328 e. The van der Waals surface area contributed by atoms with Crippen molar-refractivity contribution in [1.82, 2.24) is 10.2 Å². The molecule has 102 valence electrons. The fraction of sp³-hybridized carbons (Fsp3) is 0.700. The summed E-state index contributed by atoms with van der Waals surface area (Å²) in [5, 5.41) is 20.6. The van der Waals surface area contributed by atoms with Crippen molar-refractivity contribution in [3.05, 3.63) is 0 Å². The fourth-order valence-corrected chi connectivity index (χ4v) is 1.78. The second kappa shape index (κ2) is 5.67. The monoisotopic (exact) mass is 260 g/mol. The number of nitrogens with zero attached hydrogens (tertiary/aromatic N) is 1. The lowest BCUT2D eigenvalue weighted by Crippen LogP contribution is -2.50. The average molecular weight is 260 g/mol. The first-order valence-corrected chi connectivity index (χ1v) is 5.42. The van der Waals surface area contributed by atoms with E-state index in [2.05, 4.69) is 10.1 Å². The molecule has 1 rings (SSSR count). The zero-order chi connectivity index (χ0) is 13.9. The molecule has 0 radical (unpaired) electrons. The number of aliphatic carboxylic acids is 1. The number of likely N-dealkylation sites (tertiary alicyclic amines) is 1. The van der Waals surface area contributed by atoms with Crippen LogP contribution in [-0.2, 0) is 14.3 Å². The van der Waals surface area contributed by atoms with Crippen molar-refractivity contribution in [3.8, 4) is 0 Å². The van der Waals surface area contributed by atoms with E-state index in [0.717, 1.165) is 4.90 Å². The van der Waals surface area contributed by atoms with Gasteiger partial charge in [0.25, 0.3) is 0 Å². The number of esters is 1. The second-order valence-corrected chi connectivity index (χ2v) is 4.09. The van der Waals surface area contributed by atoms with Gasteiger partial charge in [-0.1, -0.05) is 0 Å². The Hall–Kier alpha value is -1.83. The van der Waals surface area contributed by atoms with Gasteiger partial charge in [-0.25, -0.2) is 14.4 Å². The summed E-state index contributed by atoms with van der Waals surface area (Å²) in [4.78, 5) is 34.8. The van der Waals surface area contributed by atoms with Crippen molar-refractivity contribution in [2.45, 2.75) is 31.5 Å². The minimum atomic E-state index is -1.19. The maximum absolute atomic E-state index is 11.8. The van der Waals surface area contributed by atoms with Crippen molar-refractivity contribution in [2.75, 3.05) is 13.7 Å². The molecule has 0 spiro atoms. The Morgan fingerprint density at radius 3 is 2.56 bits per heavy atom. The molecule has 3 atom stereocenters. The van der Waals surface area contributed by atoms with E-state index < -0.39 is 36.2 Å². The lowest BCUT2D eigenvalue weighted by Gasteiger charge is -2.23. The van der Waals surface area contributed by atoms with Gasteiger partial charge in [-0.2, -0.15) is 0 Å². The number of aliphatic hydroxyl groups excluding tert-OH is 1. The molecule has 18 heavy (non-hydrogen) atoms. The van der Waals surface area contributed by atoms with Crippen molar-refractivity contribution in [3.63, 3.8) is 0 Å². The number of nitrogens with one attached hydrogen (secondary N) is 1. The third-order valence-electron chi connectivity index (χ3n) is 2.72. The van der Waals surface area contributed by atoms with E-state index in [1.54, 1.807) is 0 Å². The Balaban J connectivity index is 2.65. The van der Waals surface area contributed by atoms with Crippen molar-refractivity contribution >= 4 is 18.0 Å². The van der Waals surface area contributed by atoms with Crippen molar-refractivity contribution in [1.29, 1.82) is 0 Å². The zero-order valence-corrected chi connectivity index (χ0v) is 10.1. The molecule has 8 nitrogen and oxygen atoms in total. The van der Waals surface area contributed by atoms with Gasteiger partial charge in [0.15, 0.2) is 0 Å². The normalized spacial score (nSPS) is 24.5.